The highest BCUT2D eigenvalue weighted by molar-refractivity contribution is 9.10. The Morgan fingerprint density at radius 2 is 2.10 bits per heavy atom. The Bertz CT molecular complexity index is 803. The fourth-order valence-electron chi connectivity index (χ4n) is 1.49. The molecule has 0 saturated carbocycles. The number of rotatable bonds is 3. The van der Waals surface area contributed by atoms with E-state index < -0.39 is 26.3 Å². The van der Waals surface area contributed by atoms with Crippen molar-refractivity contribution in [3.63, 3.8) is 0 Å². The number of nitrogens with one attached hydrogen (secondary N) is 1. The molecule has 0 saturated heterocycles. The van der Waals surface area contributed by atoms with E-state index in [0.717, 1.165) is 12.1 Å². The molecule has 20 heavy (non-hydrogen) atoms. The first kappa shape index (κ1) is 14.4. The SMILES string of the molecule is N#Cc1c(F)cccc1S(=O)(=O)Nc1cc(Br)ccn1. The lowest BCUT2D eigenvalue weighted by Crippen LogP contribution is -2.15. The third-order valence-corrected chi connectivity index (χ3v) is 4.23. The van der Waals surface area contributed by atoms with Crippen LogP contribution < -0.4 is 4.72 Å². The summed E-state index contributed by atoms with van der Waals surface area (Å²) in [6.45, 7) is 0. The van der Waals surface area contributed by atoms with Crippen molar-refractivity contribution in [3.05, 3.63) is 52.4 Å². The molecular formula is C12H7BrFN3O2S. The number of aromatic nitrogens is 1. The lowest BCUT2D eigenvalue weighted by Gasteiger charge is -2.09. The molecule has 0 radical (unpaired) electrons. The highest BCUT2D eigenvalue weighted by Gasteiger charge is 2.21. The van der Waals surface area contributed by atoms with Gasteiger partial charge in [-0.3, -0.25) is 4.72 Å². The zero-order chi connectivity index (χ0) is 14.8. The van der Waals surface area contributed by atoms with Gasteiger partial charge in [0.15, 0.2) is 0 Å². The van der Waals surface area contributed by atoms with E-state index in [-0.39, 0.29) is 5.82 Å². The molecule has 0 aliphatic heterocycles. The highest BCUT2D eigenvalue weighted by Crippen LogP contribution is 2.21. The van der Waals surface area contributed by atoms with Crippen LogP contribution >= 0.6 is 15.9 Å². The largest absolute Gasteiger partial charge is 0.264 e. The summed E-state index contributed by atoms with van der Waals surface area (Å²) >= 11 is 3.18. The van der Waals surface area contributed by atoms with Crippen molar-refractivity contribution < 1.29 is 12.8 Å². The summed E-state index contributed by atoms with van der Waals surface area (Å²) in [4.78, 5) is 3.40. The average molecular weight is 356 g/mol. The van der Waals surface area contributed by atoms with Crippen LogP contribution in [0.5, 0.6) is 0 Å². The summed E-state index contributed by atoms with van der Waals surface area (Å²) < 4.78 is 40.6. The number of nitrogens with zero attached hydrogens (tertiary/aromatic N) is 2. The Balaban J connectivity index is 2.47. The second kappa shape index (κ2) is 5.56. The van der Waals surface area contributed by atoms with Crippen LogP contribution in [0.4, 0.5) is 10.2 Å². The molecule has 102 valence electrons. The Hall–Kier alpha value is -1.98. The van der Waals surface area contributed by atoms with E-state index in [0.29, 0.717) is 4.47 Å². The summed E-state index contributed by atoms with van der Waals surface area (Å²) in [5, 5.41) is 8.87. The first-order valence-corrected chi connectivity index (χ1v) is 7.54. The number of halogens is 2. The summed E-state index contributed by atoms with van der Waals surface area (Å²) in [6.07, 6.45) is 1.40. The second-order valence-corrected chi connectivity index (χ2v) is 6.26. The first-order valence-electron chi connectivity index (χ1n) is 5.27. The molecule has 0 unspecified atom stereocenters. The van der Waals surface area contributed by atoms with Crippen molar-refractivity contribution >= 4 is 31.8 Å². The molecule has 1 aromatic carbocycles. The summed E-state index contributed by atoms with van der Waals surface area (Å²) in [5.41, 5.74) is -0.532. The molecule has 0 aliphatic carbocycles. The van der Waals surface area contributed by atoms with Crippen LogP contribution in [0.1, 0.15) is 5.56 Å². The average Bonchev–Trinajstić information content (AvgIpc) is 2.38. The number of pyridine rings is 1. The molecule has 0 atom stereocenters. The van der Waals surface area contributed by atoms with Gasteiger partial charge in [0.05, 0.1) is 0 Å². The number of hydrogen-bond acceptors (Lipinski definition) is 4. The molecule has 0 aliphatic rings. The Morgan fingerprint density at radius 1 is 1.35 bits per heavy atom. The minimum absolute atomic E-state index is 0.0625. The van der Waals surface area contributed by atoms with Gasteiger partial charge in [-0.15, -0.1) is 0 Å². The minimum atomic E-state index is -4.09. The van der Waals surface area contributed by atoms with Crippen LogP contribution in [0.2, 0.25) is 0 Å². The molecule has 0 spiro atoms. The van der Waals surface area contributed by atoms with Gasteiger partial charge in [-0.05, 0) is 24.3 Å². The standard InChI is InChI=1S/C12H7BrFN3O2S/c13-8-4-5-16-12(6-8)17-20(18,19)11-3-1-2-10(14)9(11)7-15/h1-6H,(H,16,17). The van der Waals surface area contributed by atoms with Gasteiger partial charge in [0.25, 0.3) is 10.0 Å². The van der Waals surface area contributed by atoms with E-state index in [9.17, 15) is 12.8 Å². The summed E-state index contributed by atoms with van der Waals surface area (Å²) in [7, 11) is -4.09. The van der Waals surface area contributed by atoms with Crippen LogP contribution in [0.15, 0.2) is 45.9 Å². The van der Waals surface area contributed by atoms with Gasteiger partial charge >= 0.3 is 0 Å². The third-order valence-electron chi connectivity index (χ3n) is 2.34. The van der Waals surface area contributed by atoms with E-state index >= 15 is 0 Å². The summed E-state index contributed by atoms with van der Waals surface area (Å²) in [5.74, 6) is -0.829. The fraction of sp³-hybridized carbons (Fsp3) is 0. The van der Waals surface area contributed by atoms with Crippen LogP contribution in [-0.4, -0.2) is 13.4 Å². The molecule has 0 fully saturated rings. The molecule has 8 heteroatoms. The van der Waals surface area contributed by atoms with Gasteiger partial charge in [-0.2, -0.15) is 5.26 Å². The number of hydrogen-bond donors (Lipinski definition) is 1. The Labute approximate surface area is 123 Å². The lowest BCUT2D eigenvalue weighted by molar-refractivity contribution is 0.593. The third kappa shape index (κ3) is 2.95. The van der Waals surface area contributed by atoms with Gasteiger partial charge in [-0.1, -0.05) is 22.0 Å². The monoisotopic (exact) mass is 355 g/mol. The number of sulfonamides is 1. The molecule has 1 aromatic heterocycles. The molecule has 2 rings (SSSR count). The van der Waals surface area contributed by atoms with Crippen molar-refractivity contribution in [1.29, 1.82) is 5.26 Å². The number of benzene rings is 1. The van der Waals surface area contributed by atoms with Crippen LogP contribution in [0.25, 0.3) is 0 Å². The zero-order valence-electron chi connectivity index (χ0n) is 9.84. The van der Waals surface area contributed by atoms with E-state index in [1.807, 2.05) is 0 Å². The summed E-state index contributed by atoms with van der Waals surface area (Å²) in [6, 6.07) is 8.02. The van der Waals surface area contributed by atoms with Crippen molar-refractivity contribution in [2.75, 3.05) is 4.72 Å². The molecule has 5 nitrogen and oxygen atoms in total. The molecule has 1 N–H and O–H groups in total. The van der Waals surface area contributed by atoms with E-state index in [1.165, 1.54) is 18.3 Å². The van der Waals surface area contributed by atoms with Crippen LogP contribution in [-0.2, 0) is 10.0 Å². The Morgan fingerprint density at radius 3 is 2.75 bits per heavy atom. The van der Waals surface area contributed by atoms with E-state index in [2.05, 4.69) is 25.6 Å². The molecule has 0 amide bonds. The van der Waals surface area contributed by atoms with Crippen molar-refractivity contribution in [1.82, 2.24) is 4.98 Å². The first-order chi connectivity index (χ1) is 9.44. The van der Waals surface area contributed by atoms with E-state index in [1.54, 1.807) is 12.1 Å². The maximum Gasteiger partial charge on any atom is 0.264 e. The molecule has 2 aromatic rings. The molecular weight excluding hydrogens is 349 g/mol. The van der Waals surface area contributed by atoms with Gasteiger partial charge in [0.1, 0.15) is 28.2 Å². The minimum Gasteiger partial charge on any atom is -0.263 e. The topological polar surface area (TPSA) is 82.8 Å². The predicted octanol–water partition coefficient (Wildman–Crippen LogP) is 2.66. The maximum atomic E-state index is 13.4. The number of anilines is 1. The fourth-order valence-corrected chi connectivity index (χ4v) is 2.99. The van der Waals surface area contributed by atoms with Gasteiger partial charge in [0.2, 0.25) is 0 Å². The quantitative estimate of drug-likeness (QED) is 0.917. The van der Waals surface area contributed by atoms with Gasteiger partial charge in [-0.25, -0.2) is 17.8 Å². The zero-order valence-corrected chi connectivity index (χ0v) is 12.2. The highest BCUT2D eigenvalue weighted by atomic mass is 79.9. The normalized spacial score (nSPS) is 10.8. The van der Waals surface area contributed by atoms with Crippen LogP contribution in [0.3, 0.4) is 0 Å². The molecule has 0 bridgehead atoms. The van der Waals surface area contributed by atoms with E-state index in [4.69, 9.17) is 5.26 Å². The lowest BCUT2D eigenvalue weighted by atomic mass is 10.2. The van der Waals surface area contributed by atoms with Crippen molar-refractivity contribution in [3.8, 4) is 6.07 Å². The van der Waals surface area contributed by atoms with Crippen molar-refractivity contribution in [2.45, 2.75) is 4.90 Å². The maximum absolute atomic E-state index is 13.4. The Kier molecular flexibility index (Phi) is 4.01. The van der Waals surface area contributed by atoms with Crippen LogP contribution in [0, 0.1) is 17.1 Å². The molecule has 1 heterocycles. The van der Waals surface area contributed by atoms with Gasteiger partial charge < -0.3 is 0 Å². The predicted molar refractivity (Wildman–Crippen MR) is 73.9 cm³/mol. The number of nitriles is 1. The van der Waals surface area contributed by atoms with Crippen molar-refractivity contribution in [2.24, 2.45) is 0 Å². The van der Waals surface area contributed by atoms with Gasteiger partial charge in [0, 0.05) is 10.7 Å². The second-order valence-electron chi connectivity index (χ2n) is 3.69. The smallest absolute Gasteiger partial charge is 0.263 e.